The third-order valence-corrected chi connectivity index (χ3v) is 2.00. The molecule has 0 aliphatic rings. The van der Waals surface area contributed by atoms with Gasteiger partial charge in [0.1, 0.15) is 0 Å². The van der Waals surface area contributed by atoms with Crippen molar-refractivity contribution in [3.8, 4) is 0 Å². The van der Waals surface area contributed by atoms with E-state index in [0.29, 0.717) is 6.04 Å². The van der Waals surface area contributed by atoms with Crippen LogP contribution in [0.2, 0.25) is 0 Å². The third kappa shape index (κ3) is 7.77. The number of hydrogen-bond acceptors (Lipinski definition) is 2. The molecule has 2 heteroatoms. The SMILES string of the molecule is CCC(N)CCN.Cc1ccccc1. The summed E-state index contributed by atoms with van der Waals surface area (Å²) in [6.07, 6.45) is 1.99. The normalized spacial score (nSPS) is 11.4. The summed E-state index contributed by atoms with van der Waals surface area (Å²) in [4.78, 5) is 0. The summed E-state index contributed by atoms with van der Waals surface area (Å²) in [5.74, 6) is 0. The van der Waals surface area contributed by atoms with Crippen LogP contribution in [0.15, 0.2) is 30.3 Å². The lowest BCUT2D eigenvalue weighted by atomic mass is 10.2. The Morgan fingerprint density at radius 2 is 1.79 bits per heavy atom. The van der Waals surface area contributed by atoms with Crippen LogP contribution in [-0.2, 0) is 0 Å². The van der Waals surface area contributed by atoms with Crippen molar-refractivity contribution in [2.45, 2.75) is 32.7 Å². The van der Waals surface area contributed by atoms with Crippen molar-refractivity contribution in [3.05, 3.63) is 35.9 Å². The van der Waals surface area contributed by atoms with Crippen molar-refractivity contribution in [1.29, 1.82) is 0 Å². The molecule has 0 spiro atoms. The van der Waals surface area contributed by atoms with Gasteiger partial charge in [0.15, 0.2) is 0 Å². The van der Waals surface area contributed by atoms with Gasteiger partial charge < -0.3 is 11.5 Å². The maximum absolute atomic E-state index is 5.50. The predicted molar refractivity (Wildman–Crippen MR) is 63.1 cm³/mol. The summed E-state index contributed by atoms with van der Waals surface area (Å²) in [6.45, 7) is 4.87. The molecule has 1 unspecified atom stereocenters. The van der Waals surface area contributed by atoms with Crippen molar-refractivity contribution in [3.63, 3.8) is 0 Å². The molecule has 1 atom stereocenters. The maximum atomic E-state index is 5.50. The summed E-state index contributed by atoms with van der Waals surface area (Å²) >= 11 is 0. The maximum Gasteiger partial charge on any atom is 0.00482 e. The van der Waals surface area contributed by atoms with Gasteiger partial charge in [-0.15, -0.1) is 0 Å². The second-order valence-corrected chi connectivity index (χ2v) is 3.40. The molecular formula is C12H22N2. The second-order valence-electron chi connectivity index (χ2n) is 3.40. The first kappa shape index (κ1) is 13.1. The van der Waals surface area contributed by atoms with E-state index in [1.807, 2.05) is 18.2 Å². The lowest BCUT2D eigenvalue weighted by Gasteiger charge is -2.03. The zero-order valence-corrected chi connectivity index (χ0v) is 9.24. The summed E-state index contributed by atoms with van der Waals surface area (Å²) in [6, 6.07) is 10.6. The van der Waals surface area contributed by atoms with Crippen molar-refractivity contribution >= 4 is 0 Å². The molecule has 0 aliphatic carbocycles. The molecule has 0 bridgehead atoms. The van der Waals surface area contributed by atoms with Crippen LogP contribution in [0, 0.1) is 6.92 Å². The van der Waals surface area contributed by atoms with Crippen LogP contribution in [0.5, 0.6) is 0 Å². The minimum Gasteiger partial charge on any atom is -0.330 e. The van der Waals surface area contributed by atoms with E-state index in [0.717, 1.165) is 19.4 Å². The van der Waals surface area contributed by atoms with Crippen LogP contribution in [0.25, 0.3) is 0 Å². The summed E-state index contributed by atoms with van der Waals surface area (Å²) in [5.41, 5.74) is 12.1. The Balaban J connectivity index is 0.000000241. The van der Waals surface area contributed by atoms with Gasteiger partial charge in [-0.2, -0.15) is 0 Å². The van der Waals surface area contributed by atoms with Gasteiger partial charge in [-0.25, -0.2) is 0 Å². The van der Waals surface area contributed by atoms with Crippen LogP contribution >= 0.6 is 0 Å². The number of rotatable bonds is 3. The predicted octanol–water partition coefficient (Wildman–Crippen LogP) is 2.07. The number of hydrogen-bond donors (Lipinski definition) is 2. The molecule has 0 radical (unpaired) electrons. The van der Waals surface area contributed by atoms with Crippen LogP contribution in [-0.4, -0.2) is 12.6 Å². The largest absolute Gasteiger partial charge is 0.330 e. The molecule has 4 N–H and O–H groups in total. The highest BCUT2D eigenvalue weighted by atomic mass is 14.6. The van der Waals surface area contributed by atoms with Gasteiger partial charge in [0.25, 0.3) is 0 Å². The van der Waals surface area contributed by atoms with Gasteiger partial charge in [-0.3, -0.25) is 0 Å². The Bertz CT molecular complexity index is 209. The highest BCUT2D eigenvalue weighted by Gasteiger charge is 1.92. The van der Waals surface area contributed by atoms with Crippen LogP contribution in [0.1, 0.15) is 25.3 Å². The van der Waals surface area contributed by atoms with Gasteiger partial charge in [0.2, 0.25) is 0 Å². The highest BCUT2D eigenvalue weighted by Crippen LogP contribution is 1.92. The van der Waals surface area contributed by atoms with E-state index < -0.39 is 0 Å². The molecule has 0 saturated heterocycles. The topological polar surface area (TPSA) is 52.0 Å². The van der Waals surface area contributed by atoms with E-state index in [4.69, 9.17) is 11.5 Å². The minimum absolute atomic E-state index is 0.324. The average molecular weight is 194 g/mol. The fourth-order valence-corrected chi connectivity index (χ4v) is 0.953. The molecular weight excluding hydrogens is 172 g/mol. The van der Waals surface area contributed by atoms with Crippen LogP contribution in [0.4, 0.5) is 0 Å². The molecule has 1 aromatic rings. The Hall–Kier alpha value is -0.860. The van der Waals surface area contributed by atoms with E-state index in [1.54, 1.807) is 0 Å². The standard InChI is InChI=1S/C7H8.C5H14N2/c1-7-5-3-2-4-6-7;1-2-5(7)3-4-6/h2-6H,1H3;5H,2-4,6-7H2,1H3. The number of aryl methyl sites for hydroxylation is 1. The Kier molecular flexibility index (Phi) is 8.19. The summed E-state index contributed by atoms with van der Waals surface area (Å²) in [5, 5.41) is 0. The fraction of sp³-hybridized carbons (Fsp3) is 0.500. The van der Waals surface area contributed by atoms with E-state index in [-0.39, 0.29) is 0 Å². The lowest BCUT2D eigenvalue weighted by molar-refractivity contribution is 0.604. The summed E-state index contributed by atoms with van der Waals surface area (Å²) in [7, 11) is 0. The first-order chi connectivity index (χ1) is 6.70. The molecule has 80 valence electrons. The van der Waals surface area contributed by atoms with Gasteiger partial charge in [-0.05, 0) is 26.3 Å². The van der Waals surface area contributed by atoms with Gasteiger partial charge in [-0.1, -0.05) is 42.8 Å². The fourth-order valence-electron chi connectivity index (χ4n) is 0.953. The molecule has 0 fully saturated rings. The number of nitrogens with two attached hydrogens (primary N) is 2. The molecule has 0 aliphatic heterocycles. The highest BCUT2D eigenvalue weighted by molar-refractivity contribution is 5.11. The molecule has 0 saturated carbocycles. The van der Waals surface area contributed by atoms with Crippen molar-refractivity contribution in [1.82, 2.24) is 0 Å². The quantitative estimate of drug-likeness (QED) is 0.774. The van der Waals surface area contributed by atoms with Gasteiger partial charge in [0.05, 0.1) is 0 Å². The van der Waals surface area contributed by atoms with Crippen LogP contribution in [0.3, 0.4) is 0 Å². The third-order valence-electron chi connectivity index (χ3n) is 2.00. The average Bonchev–Trinajstić information content (AvgIpc) is 2.20. The zero-order chi connectivity index (χ0) is 10.8. The van der Waals surface area contributed by atoms with Crippen molar-refractivity contribution in [2.24, 2.45) is 11.5 Å². The van der Waals surface area contributed by atoms with E-state index in [2.05, 4.69) is 26.0 Å². The first-order valence-corrected chi connectivity index (χ1v) is 5.18. The molecule has 14 heavy (non-hydrogen) atoms. The minimum atomic E-state index is 0.324. The molecule has 1 rings (SSSR count). The monoisotopic (exact) mass is 194 g/mol. The van der Waals surface area contributed by atoms with Gasteiger partial charge >= 0.3 is 0 Å². The second kappa shape index (κ2) is 8.73. The van der Waals surface area contributed by atoms with E-state index in [1.165, 1.54) is 5.56 Å². The molecule has 0 aromatic heterocycles. The summed E-state index contributed by atoms with van der Waals surface area (Å²) < 4.78 is 0. The zero-order valence-electron chi connectivity index (χ0n) is 9.24. The van der Waals surface area contributed by atoms with E-state index >= 15 is 0 Å². The molecule has 2 nitrogen and oxygen atoms in total. The molecule has 0 heterocycles. The number of benzene rings is 1. The van der Waals surface area contributed by atoms with Crippen LogP contribution < -0.4 is 11.5 Å². The molecule has 0 amide bonds. The lowest BCUT2D eigenvalue weighted by Crippen LogP contribution is -2.22. The Morgan fingerprint density at radius 1 is 1.21 bits per heavy atom. The van der Waals surface area contributed by atoms with Gasteiger partial charge in [0, 0.05) is 6.04 Å². The van der Waals surface area contributed by atoms with E-state index in [9.17, 15) is 0 Å². The Morgan fingerprint density at radius 3 is 2.00 bits per heavy atom. The first-order valence-electron chi connectivity index (χ1n) is 5.18. The smallest absolute Gasteiger partial charge is 0.00482 e. The Labute approximate surface area is 87.3 Å². The van der Waals surface area contributed by atoms with Crippen molar-refractivity contribution in [2.75, 3.05) is 6.54 Å². The molecule has 1 aromatic carbocycles. The van der Waals surface area contributed by atoms with Crippen molar-refractivity contribution < 1.29 is 0 Å².